The number of hydrogen-bond donors (Lipinski definition) is 0. The number of benzene rings is 8. The van der Waals surface area contributed by atoms with Crippen LogP contribution in [-0.2, 0) is 10.8 Å². The molecule has 0 bridgehead atoms. The van der Waals surface area contributed by atoms with E-state index >= 15 is 0 Å². The summed E-state index contributed by atoms with van der Waals surface area (Å²) >= 11 is 0. The molecule has 0 unspecified atom stereocenters. The van der Waals surface area contributed by atoms with Crippen molar-refractivity contribution in [3.05, 3.63) is 224 Å². The number of nitrogens with zero attached hydrogens (tertiary/aromatic N) is 2. The highest BCUT2D eigenvalue weighted by Crippen LogP contribution is 2.53. The molecule has 8 aromatic carbocycles. The van der Waals surface area contributed by atoms with Crippen LogP contribution in [0.2, 0.25) is 0 Å². The third-order valence-corrected chi connectivity index (χ3v) is 14.0. The predicted octanol–water partition coefficient (Wildman–Crippen LogP) is 17.3. The summed E-state index contributed by atoms with van der Waals surface area (Å²) in [7, 11) is 0. The maximum Gasteiger partial charge on any atom is 0.0490 e. The van der Waals surface area contributed by atoms with Crippen LogP contribution in [0.5, 0.6) is 0 Å². The van der Waals surface area contributed by atoms with Gasteiger partial charge in [-0.15, -0.1) is 0 Å². The van der Waals surface area contributed by atoms with Gasteiger partial charge in [-0.25, -0.2) is 0 Å². The second kappa shape index (κ2) is 15.4. The Morgan fingerprint density at radius 2 is 0.656 bits per heavy atom. The fraction of sp³-hybridized carbons (Fsp3) is 0.194. The molecule has 64 heavy (non-hydrogen) atoms. The normalized spacial score (nSPS) is 14.0. The van der Waals surface area contributed by atoms with Gasteiger partial charge in [0, 0.05) is 45.0 Å². The van der Waals surface area contributed by atoms with Crippen LogP contribution in [0.1, 0.15) is 94.5 Å². The fourth-order valence-corrected chi connectivity index (χ4v) is 10.8. The van der Waals surface area contributed by atoms with Crippen molar-refractivity contribution in [2.45, 2.75) is 80.1 Å². The van der Waals surface area contributed by atoms with E-state index < -0.39 is 0 Å². The zero-order valence-corrected chi connectivity index (χ0v) is 39.1. The molecule has 0 amide bonds. The maximum absolute atomic E-state index is 2.44. The van der Waals surface area contributed by atoms with Crippen molar-refractivity contribution in [3.8, 4) is 22.3 Å². The van der Waals surface area contributed by atoms with E-state index in [0.29, 0.717) is 0 Å². The van der Waals surface area contributed by atoms with Crippen LogP contribution in [0.15, 0.2) is 158 Å². The topological polar surface area (TPSA) is 6.48 Å². The van der Waals surface area contributed by atoms with E-state index in [9.17, 15) is 0 Å². The molecular weight excluding hydrogens is 773 g/mol. The van der Waals surface area contributed by atoms with Gasteiger partial charge in [-0.3, -0.25) is 0 Å². The van der Waals surface area contributed by atoms with Crippen LogP contribution in [0.4, 0.5) is 34.1 Å². The quantitative estimate of drug-likeness (QED) is 0.141. The molecule has 0 atom stereocenters. The standard InChI is InChI=1S/C62H58N2/c1-39-29-40(2)32-49(31-39)63(59-17-13-11-15-43(59)5)47-23-27-53-51-25-21-45(35-55(51)61(7,8)57(53)37-47)19-20-46-22-26-52-54-28-24-48(38-58(54)62(9,10)56(52)36-46)64(60-18-14-12-16-44(60)6)50-33-41(3)30-42(4)34-50/h11-38H,1-10H3/b20-19+. The van der Waals surface area contributed by atoms with Gasteiger partial charge in [-0.1, -0.05) is 137 Å². The molecule has 316 valence electrons. The summed E-state index contributed by atoms with van der Waals surface area (Å²) in [6, 6.07) is 59.4. The summed E-state index contributed by atoms with van der Waals surface area (Å²) in [5.74, 6) is 0. The molecule has 2 heteroatoms. The van der Waals surface area contributed by atoms with E-state index in [1.54, 1.807) is 0 Å². The second-order valence-corrected chi connectivity index (χ2v) is 19.6. The zero-order valence-electron chi connectivity index (χ0n) is 39.1. The zero-order chi connectivity index (χ0) is 44.7. The smallest absolute Gasteiger partial charge is 0.0490 e. The van der Waals surface area contributed by atoms with Gasteiger partial charge < -0.3 is 9.80 Å². The van der Waals surface area contributed by atoms with E-state index in [-0.39, 0.29) is 10.8 Å². The Hall–Kier alpha value is -6.90. The Balaban J connectivity index is 0.955. The van der Waals surface area contributed by atoms with E-state index in [1.807, 2.05) is 0 Å². The predicted molar refractivity (Wildman–Crippen MR) is 275 cm³/mol. The van der Waals surface area contributed by atoms with Crippen LogP contribution >= 0.6 is 0 Å². The first-order valence-corrected chi connectivity index (χ1v) is 22.8. The van der Waals surface area contributed by atoms with Crippen molar-refractivity contribution in [3.63, 3.8) is 0 Å². The lowest BCUT2D eigenvalue weighted by atomic mass is 9.81. The lowest BCUT2D eigenvalue weighted by Gasteiger charge is -2.29. The number of aryl methyl sites for hydroxylation is 6. The highest BCUT2D eigenvalue weighted by molar-refractivity contribution is 5.89. The number of anilines is 6. The Labute approximate surface area is 381 Å². The minimum atomic E-state index is -0.167. The molecule has 0 radical (unpaired) electrons. The lowest BCUT2D eigenvalue weighted by molar-refractivity contribution is 0.660. The first kappa shape index (κ1) is 41.1. The van der Waals surface area contributed by atoms with Gasteiger partial charge in [-0.2, -0.15) is 0 Å². The molecule has 2 nitrogen and oxygen atoms in total. The van der Waals surface area contributed by atoms with Crippen molar-refractivity contribution >= 4 is 46.3 Å². The first-order valence-electron chi connectivity index (χ1n) is 22.8. The Morgan fingerprint density at radius 3 is 1.02 bits per heavy atom. The minimum Gasteiger partial charge on any atom is -0.310 e. The minimum absolute atomic E-state index is 0.167. The van der Waals surface area contributed by atoms with Gasteiger partial charge in [0.2, 0.25) is 0 Å². The summed E-state index contributed by atoms with van der Waals surface area (Å²) in [5, 5.41) is 0. The highest BCUT2D eigenvalue weighted by Gasteiger charge is 2.38. The van der Waals surface area contributed by atoms with Crippen LogP contribution in [-0.4, -0.2) is 0 Å². The number of rotatable bonds is 8. The average Bonchev–Trinajstić information content (AvgIpc) is 3.62. The van der Waals surface area contributed by atoms with Crippen molar-refractivity contribution in [2.75, 3.05) is 9.80 Å². The Bertz CT molecular complexity index is 2940. The van der Waals surface area contributed by atoms with Crippen LogP contribution in [0.25, 0.3) is 34.4 Å². The molecule has 0 spiro atoms. The summed E-state index contributed by atoms with van der Waals surface area (Å²) in [4.78, 5) is 4.87. The van der Waals surface area contributed by atoms with Gasteiger partial charge >= 0.3 is 0 Å². The molecule has 0 N–H and O–H groups in total. The van der Waals surface area contributed by atoms with Crippen LogP contribution in [0, 0.1) is 41.5 Å². The molecule has 0 saturated heterocycles. The summed E-state index contributed by atoms with van der Waals surface area (Å²) in [6.45, 7) is 22.7. The van der Waals surface area contributed by atoms with E-state index in [1.165, 1.54) is 123 Å². The number of fused-ring (bicyclic) bond motifs is 6. The second-order valence-electron chi connectivity index (χ2n) is 19.6. The highest BCUT2D eigenvalue weighted by atomic mass is 15.1. The SMILES string of the molecule is Cc1cc(C)cc(N(c2ccc3c(c2)C(C)(C)c2cc(/C=C/c4ccc5c(c4)C(C)(C)c4cc(N(c6cc(C)cc(C)c6)c6ccccc6C)ccc4-5)ccc2-3)c2ccccc2C)c1. The first-order chi connectivity index (χ1) is 30.7. The molecule has 8 aromatic rings. The van der Waals surface area contributed by atoms with Crippen molar-refractivity contribution in [1.82, 2.24) is 0 Å². The van der Waals surface area contributed by atoms with Gasteiger partial charge in [0.15, 0.2) is 0 Å². The number of hydrogen-bond acceptors (Lipinski definition) is 2. The Morgan fingerprint density at radius 1 is 0.328 bits per heavy atom. The third kappa shape index (κ3) is 6.97. The summed E-state index contributed by atoms with van der Waals surface area (Å²) < 4.78 is 0. The molecule has 0 aromatic heterocycles. The molecule has 0 heterocycles. The summed E-state index contributed by atoms with van der Waals surface area (Å²) in [5.41, 5.74) is 27.6. The van der Waals surface area contributed by atoms with Gasteiger partial charge in [0.05, 0.1) is 0 Å². The maximum atomic E-state index is 2.44. The van der Waals surface area contributed by atoms with Crippen molar-refractivity contribution < 1.29 is 0 Å². The average molecular weight is 831 g/mol. The lowest BCUT2D eigenvalue weighted by Crippen LogP contribution is -2.17. The largest absolute Gasteiger partial charge is 0.310 e. The monoisotopic (exact) mass is 830 g/mol. The molecular formula is C62H58N2. The molecule has 0 aliphatic heterocycles. The van der Waals surface area contributed by atoms with Crippen LogP contribution < -0.4 is 9.80 Å². The number of para-hydroxylation sites is 2. The van der Waals surface area contributed by atoms with E-state index in [4.69, 9.17) is 0 Å². The molecule has 2 aliphatic carbocycles. The van der Waals surface area contributed by atoms with E-state index in [2.05, 4.69) is 249 Å². The fourth-order valence-electron chi connectivity index (χ4n) is 10.8. The summed E-state index contributed by atoms with van der Waals surface area (Å²) in [6.07, 6.45) is 4.59. The molecule has 0 saturated carbocycles. The van der Waals surface area contributed by atoms with Crippen molar-refractivity contribution in [2.24, 2.45) is 0 Å². The molecule has 10 rings (SSSR count). The third-order valence-electron chi connectivity index (χ3n) is 14.0. The van der Waals surface area contributed by atoms with Gasteiger partial charge in [0.25, 0.3) is 0 Å². The van der Waals surface area contributed by atoms with E-state index in [0.717, 1.165) is 0 Å². The van der Waals surface area contributed by atoms with Gasteiger partial charge in [-0.05, 0) is 191 Å². The Kier molecular flexibility index (Phi) is 9.91. The molecule has 2 aliphatic rings. The van der Waals surface area contributed by atoms with Crippen molar-refractivity contribution in [1.29, 1.82) is 0 Å². The molecule has 0 fully saturated rings. The van der Waals surface area contributed by atoms with Crippen LogP contribution in [0.3, 0.4) is 0 Å². The van der Waals surface area contributed by atoms with Gasteiger partial charge in [0.1, 0.15) is 0 Å².